The first kappa shape index (κ1) is 12.4. The van der Waals surface area contributed by atoms with Crippen LogP contribution in [0.4, 0.5) is 4.39 Å². The van der Waals surface area contributed by atoms with E-state index in [9.17, 15) is 4.39 Å². The van der Waals surface area contributed by atoms with Crippen molar-refractivity contribution >= 4 is 10.8 Å². The number of rotatable bonds is 2. The van der Waals surface area contributed by atoms with Gasteiger partial charge in [0.2, 0.25) is 0 Å². The third kappa shape index (κ3) is 2.87. The van der Waals surface area contributed by atoms with Crippen LogP contribution in [0.1, 0.15) is 19.3 Å². The molecule has 1 N–H and O–H groups in total. The van der Waals surface area contributed by atoms with Crippen molar-refractivity contribution in [1.82, 2.24) is 9.88 Å². The number of nitrogens with one attached hydrogen (secondary N) is 1. The Labute approximate surface area is 112 Å². The molecule has 0 radical (unpaired) electrons. The van der Waals surface area contributed by atoms with Crippen LogP contribution in [0.2, 0.25) is 0 Å². The minimum Gasteiger partial charge on any atom is -0.346 e. The maximum atomic E-state index is 14.3. The minimum absolute atomic E-state index is 0.0454. The molecule has 0 saturated carbocycles. The molecule has 1 aromatic heterocycles. The van der Waals surface area contributed by atoms with E-state index in [1.165, 1.54) is 10.8 Å². The van der Waals surface area contributed by atoms with Gasteiger partial charge in [0.15, 0.2) is 0 Å². The molecule has 0 atom stereocenters. The van der Waals surface area contributed by atoms with E-state index in [-0.39, 0.29) is 5.83 Å². The third-order valence-electron chi connectivity index (χ3n) is 3.75. The highest BCUT2D eigenvalue weighted by Crippen LogP contribution is 2.21. The lowest BCUT2D eigenvalue weighted by Crippen LogP contribution is -2.13. The maximum absolute atomic E-state index is 14.3. The summed E-state index contributed by atoms with van der Waals surface area (Å²) in [4.78, 5) is 0. The van der Waals surface area contributed by atoms with Crippen LogP contribution in [0, 0.1) is 0 Å². The lowest BCUT2D eigenvalue weighted by atomic mass is 10.1. The highest BCUT2D eigenvalue weighted by molar-refractivity contribution is 5.82. The molecule has 3 heteroatoms. The van der Waals surface area contributed by atoms with Crippen molar-refractivity contribution in [3.8, 4) is 0 Å². The Kier molecular flexibility index (Phi) is 3.65. The highest BCUT2D eigenvalue weighted by Gasteiger charge is 2.10. The second-order valence-corrected chi connectivity index (χ2v) is 5.17. The Morgan fingerprint density at radius 1 is 1.11 bits per heavy atom. The topological polar surface area (TPSA) is 17.0 Å². The van der Waals surface area contributed by atoms with Crippen molar-refractivity contribution in [2.24, 2.45) is 0 Å². The predicted octanol–water partition coefficient (Wildman–Crippen LogP) is 3.64. The Balaban J connectivity index is 1.81. The molecular weight excluding hydrogens is 239 g/mol. The van der Waals surface area contributed by atoms with Crippen molar-refractivity contribution in [1.29, 1.82) is 0 Å². The zero-order chi connectivity index (χ0) is 13.1. The number of halogens is 1. The maximum Gasteiger partial charge on any atom is 0.119 e. The number of nitrogens with zero attached hydrogens (tertiary/aromatic N) is 1. The Morgan fingerprint density at radius 2 is 1.84 bits per heavy atom. The Bertz CT molecular complexity index is 555. The molecule has 2 nitrogen and oxygen atoms in total. The number of aromatic nitrogens is 1. The smallest absolute Gasteiger partial charge is 0.119 e. The molecule has 0 amide bonds. The van der Waals surface area contributed by atoms with Gasteiger partial charge in [-0.3, -0.25) is 0 Å². The zero-order valence-corrected chi connectivity index (χ0v) is 11.0. The fourth-order valence-electron chi connectivity index (χ4n) is 2.69. The van der Waals surface area contributed by atoms with Gasteiger partial charge in [0.05, 0.1) is 6.54 Å². The summed E-state index contributed by atoms with van der Waals surface area (Å²) in [6, 6.07) is 8.15. The number of hydrogen-bond donors (Lipinski definition) is 1. The summed E-state index contributed by atoms with van der Waals surface area (Å²) in [5.74, 6) is 0.0454. The van der Waals surface area contributed by atoms with Crippen LogP contribution in [-0.2, 0) is 6.54 Å². The molecule has 0 spiro atoms. The number of allylic oxidation sites excluding steroid dienone is 1. The summed E-state index contributed by atoms with van der Waals surface area (Å²) in [6.45, 7) is 2.27. The fourth-order valence-corrected chi connectivity index (χ4v) is 2.69. The van der Waals surface area contributed by atoms with Crippen molar-refractivity contribution in [3.05, 3.63) is 48.1 Å². The monoisotopic (exact) mass is 258 g/mol. The van der Waals surface area contributed by atoms with Crippen molar-refractivity contribution in [3.63, 3.8) is 0 Å². The summed E-state index contributed by atoms with van der Waals surface area (Å²) >= 11 is 0. The molecule has 1 aliphatic rings. The second-order valence-electron chi connectivity index (χ2n) is 5.17. The molecule has 0 aliphatic carbocycles. The summed E-state index contributed by atoms with van der Waals surface area (Å²) in [5.41, 5.74) is 0.989. The van der Waals surface area contributed by atoms with Gasteiger partial charge in [-0.1, -0.05) is 24.3 Å². The lowest BCUT2D eigenvalue weighted by molar-refractivity contribution is 0.535. The van der Waals surface area contributed by atoms with E-state index in [1.54, 1.807) is 0 Å². The van der Waals surface area contributed by atoms with Crippen LogP contribution in [0.15, 0.2) is 48.1 Å². The number of fused-ring (bicyclic) bond motifs is 1. The van der Waals surface area contributed by atoms with E-state index in [0.717, 1.165) is 37.9 Å². The van der Waals surface area contributed by atoms with Gasteiger partial charge in [0, 0.05) is 12.4 Å². The van der Waals surface area contributed by atoms with E-state index in [0.29, 0.717) is 6.54 Å². The van der Waals surface area contributed by atoms with Gasteiger partial charge in [-0.25, -0.2) is 4.39 Å². The van der Waals surface area contributed by atoms with Gasteiger partial charge in [-0.2, -0.15) is 0 Å². The van der Waals surface area contributed by atoms with E-state index in [2.05, 4.69) is 17.4 Å². The first-order valence-electron chi connectivity index (χ1n) is 6.94. The van der Waals surface area contributed by atoms with E-state index in [1.807, 2.05) is 29.1 Å². The molecule has 0 unspecified atom stereocenters. The van der Waals surface area contributed by atoms with Crippen LogP contribution in [0.25, 0.3) is 10.8 Å². The van der Waals surface area contributed by atoms with E-state index in [4.69, 9.17) is 0 Å². The van der Waals surface area contributed by atoms with E-state index >= 15 is 0 Å². The molecular formula is C16H19FN2. The van der Waals surface area contributed by atoms with Gasteiger partial charge in [-0.15, -0.1) is 0 Å². The standard InChI is InChI=1S/C16H19FN2/c17-16(13-6-3-8-18-9-7-13)12-19-10-14-4-1-2-5-15(14)11-19/h1-2,4-5,10-11,18H,3,6-9,12H2/b16-13+. The second kappa shape index (κ2) is 5.57. The van der Waals surface area contributed by atoms with Crippen molar-refractivity contribution in [2.75, 3.05) is 13.1 Å². The molecule has 100 valence electrons. The normalized spacial score (nSPS) is 19.4. The van der Waals surface area contributed by atoms with Gasteiger partial charge in [-0.05, 0) is 48.7 Å². The first-order valence-corrected chi connectivity index (χ1v) is 6.94. The summed E-state index contributed by atoms with van der Waals surface area (Å²) in [7, 11) is 0. The fraction of sp³-hybridized carbons (Fsp3) is 0.375. The number of hydrogen-bond acceptors (Lipinski definition) is 1. The number of benzene rings is 1. The van der Waals surface area contributed by atoms with Crippen LogP contribution in [-0.4, -0.2) is 17.7 Å². The van der Waals surface area contributed by atoms with Crippen molar-refractivity contribution < 1.29 is 4.39 Å². The highest BCUT2D eigenvalue weighted by atomic mass is 19.1. The molecule has 0 bridgehead atoms. The van der Waals surface area contributed by atoms with Gasteiger partial charge >= 0.3 is 0 Å². The molecule has 19 heavy (non-hydrogen) atoms. The van der Waals surface area contributed by atoms with Crippen LogP contribution >= 0.6 is 0 Å². The van der Waals surface area contributed by atoms with Crippen LogP contribution in [0.3, 0.4) is 0 Å². The van der Waals surface area contributed by atoms with Crippen LogP contribution in [0.5, 0.6) is 0 Å². The molecule has 1 saturated heterocycles. The lowest BCUT2D eigenvalue weighted by Gasteiger charge is -2.07. The predicted molar refractivity (Wildman–Crippen MR) is 76.8 cm³/mol. The van der Waals surface area contributed by atoms with Gasteiger partial charge in [0.1, 0.15) is 5.83 Å². The summed E-state index contributed by atoms with van der Waals surface area (Å²) in [5, 5.41) is 5.65. The zero-order valence-electron chi connectivity index (χ0n) is 11.0. The molecule has 1 aromatic carbocycles. The quantitative estimate of drug-likeness (QED) is 0.870. The SMILES string of the molecule is F/C(Cn1cc2ccccc2c1)=C1\CCCNCC1. The Hall–Kier alpha value is -1.61. The Morgan fingerprint density at radius 3 is 2.58 bits per heavy atom. The van der Waals surface area contributed by atoms with Crippen LogP contribution < -0.4 is 5.32 Å². The molecule has 2 aromatic rings. The molecule has 3 rings (SSSR count). The third-order valence-corrected chi connectivity index (χ3v) is 3.75. The van der Waals surface area contributed by atoms with Crippen molar-refractivity contribution in [2.45, 2.75) is 25.8 Å². The summed E-state index contributed by atoms with van der Waals surface area (Å²) < 4.78 is 16.3. The first-order chi connectivity index (χ1) is 9.33. The van der Waals surface area contributed by atoms with Gasteiger partial charge < -0.3 is 9.88 Å². The minimum atomic E-state index is 0.0454. The average molecular weight is 258 g/mol. The molecule has 2 heterocycles. The largest absolute Gasteiger partial charge is 0.346 e. The summed E-state index contributed by atoms with van der Waals surface area (Å²) in [6.07, 6.45) is 6.80. The average Bonchev–Trinajstić information content (AvgIpc) is 2.63. The van der Waals surface area contributed by atoms with Gasteiger partial charge in [0.25, 0.3) is 0 Å². The molecule has 1 aliphatic heterocycles. The van der Waals surface area contributed by atoms with E-state index < -0.39 is 0 Å². The molecule has 1 fully saturated rings.